The fourth-order valence-electron chi connectivity index (χ4n) is 4.68. The third kappa shape index (κ3) is 5.47. The first-order valence-electron chi connectivity index (χ1n) is 11.9. The maximum atomic E-state index is 13.1. The van der Waals surface area contributed by atoms with E-state index in [0.717, 1.165) is 25.2 Å². The molecule has 6 nitrogen and oxygen atoms in total. The summed E-state index contributed by atoms with van der Waals surface area (Å²) in [6.45, 7) is 11.6. The molecule has 0 radical (unpaired) electrons. The van der Waals surface area contributed by atoms with Crippen molar-refractivity contribution in [2.75, 3.05) is 13.1 Å². The number of benzene rings is 1. The molecule has 1 saturated heterocycles. The Morgan fingerprint density at radius 3 is 2.03 bits per heavy atom. The SMILES string of the molecule is CCN(CC)Cc1ccc(CNC(=O)C(CC(C)C)N2C(=O)C3CC=CCC3C2=O)cc1. The van der Waals surface area contributed by atoms with Crippen molar-refractivity contribution < 1.29 is 14.4 Å². The zero-order valence-electron chi connectivity index (χ0n) is 19.8. The van der Waals surface area contributed by atoms with Gasteiger partial charge in [0.05, 0.1) is 11.8 Å². The number of hydrogen-bond acceptors (Lipinski definition) is 4. The number of rotatable bonds is 10. The minimum absolute atomic E-state index is 0.187. The molecule has 3 unspecified atom stereocenters. The van der Waals surface area contributed by atoms with Gasteiger partial charge in [-0.25, -0.2) is 0 Å². The molecule has 3 rings (SSSR count). The van der Waals surface area contributed by atoms with Crippen molar-refractivity contribution in [2.24, 2.45) is 17.8 Å². The monoisotopic (exact) mass is 439 g/mol. The van der Waals surface area contributed by atoms with Crippen LogP contribution in [0, 0.1) is 17.8 Å². The molecule has 1 aromatic carbocycles. The fraction of sp³-hybridized carbons (Fsp3) is 0.577. The molecule has 0 bridgehead atoms. The zero-order valence-corrected chi connectivity index (χ0v) is 19.8. The van der Waals surface area contributed by atoms with E-state index >= 15 is 0 Å². The first kappa shape index (κ1) is 24.2. The summed E-state index contributed by atoms with van der Waals surface area (Å²) in [6, 6.07) is 7.50. The number of carbonyl (C=O) groups is 3. The van der Waals surface area contributed by atoms with Crippen LogP contribution >= 0.6 is 0 Å². The number of imide groups is 1. The Kier molecular flexibility index (Phi) is 8.24. The summed E-state index contributed by atoms with van der Waals surface area (Å²) in [6.07, 6.45) is 5.58. The molecule has 174 valence electrons. The first-order chi connectivity index (χ1) is 15.3. The van der Waals surface area contributed by atoms with Gasteiger partial charge in [-0.3, -0.25) is 24.2 Å². The molecule has 6 heteroatoms. The van der Waals surface area contributed by atoms with Crippen LogP contribution in [0.1, 0.15) is 58.1 Å². The van der Waals surface area contributed by atoms with Crippen LogP contribution in [0.2, 0.25) is 0 Å². The van der Waals surface area contributed by atoms with Gasteiger partial charge in [-0.1, -0.05) is 64.1 Å². The van der Waals surface area contributed by atoms with Gasteiger partial charge in [0.2, 0.25) is 17.7 Å². The Morgan fingerprint density at radius 2 is 1.53 bits per heavy atom. The van der Waals surface area contributed by atoms with E-state index in [1.807, 2.05) is 38.1 Å². The van der Waals surface area contributed by atoms with Crippen LogP contribution in [0.4, 0.5) is 0 Å². The second-order valence-corrected chi connectivity index (χ2v) is 9.34. The van der Waals surface area contributed by atoms with Crippen molar-refractivity contribution >= 4 is 17.7 Å². The molecule has 3 amide bonds. The largest absolute Gasteiger partial charge is 0.350 e. The van der Waals surface area contributed by atoms with E-state index in [1.165, 1.54) is 10.5 Å². The smallest absolute Gasteiger partial charge is 0.243 e. The molecule has 1 fully saturated rings. The number of likely N-dealkylation sites (tertiary alicyclic amines) is 1. The predicted molar refractivity (Wildman–Crippen MR) is 125 cm³/mol. The minimum Gasteiger partial charge on any atom is -0.350 e. The number of carbonyl (C=O) groups excluding carboxylic acids is 3. The zero-order chi connectivity index (χ0) is 23.3. The third-order valence-electron chi connectivity index (χ3n) is 6.64. The molecule has 0 aromatic heterocycles. The molecule has 0 spiro atoms. The number of nitrogens with zero attached hydrogens (tertiary/aromatic N) is 2. The summed E-state index contributed by atoms with van der Waals surface area (Å²) < 4.78 is 0. The number of allylic oxidation sites excluding steroid dienone is 2. The lowest BCUT2D eigenvalue weighted by Gasteiger charge is -2.27. The number of fused-ring (bicyclic) bond motifs is 1. The van der Waals surface area contributed by atoms with E-state index in [9.17, 15) is 14.4 Å². The highest BCUT2D eigenvalue weighted by atomic mass is 16.2. The summed E-state index contributed by atoms with van der Waals surface area (Å²) in [7, 11) is 0. The average molecular weight is 440 g/mol. The molecule has 1 N–H and O–H groups in total. The number of nitrogens with one attached hydrogen (secondary N) is 1. The van der Waals surface area contributed by atoms with E-state index in [1.54, 1.807) is 0 Å². The van der Waals surface area contributed by atoms with Gasteiger partial charge in [-0.05, 0) is 49.4 Å². The van der Waals surface area contributed by atoms with Crippen molar-refractivity contribution in [1.29, 1.82) is 0 Å². The molecule has 3 atom stereocenters. The molecule has 0 saturated carbocycles. The van der Waals surface area contributed by atoms with Crippen LogP contribution in [0.15, 0.2) is 36.4 Å². The highest BCUT2D eigenvalue weighted by molar-refractivity contribution is 6.08. The van der Waals surface area contributed by atoms with Gasteiger partial charge in [-0.2, -0.15) is 0 Å². The van der Waals surface area contributed by atoms with Gasteiger partial charge < -0.3 is 5.32 Å². The summed E-state index contributed by atoms with van der Waals surface area (Å²) >= 11 is 0. The lowest BCUT2D eigenvalue weighted by molar-refractivity contribution is -0.148. The lowest BCUT2D eigenvalue weighted by Crippen LogP contribution is -2.50. The van der Waals surface area contributed by atoms with Gasteiger partial charge >= 0.3 is 0 Å². The normalized spacial score (nSPS) is 21.4. The summed E-state index contributed by atoms with van der Waals surface area (Å²) in [4.78, 5) is 42.8. The van der Waals surface area contributed by atoms with Crippen molar-refractivity contribution in [2.45, 2.75) is 66.1 Å². The standard InChI is InChI=1S/C26H37N3O3/c1-5-28(6-2)17-20-13-11-19(12-14-20)16-27-24(30)23(15-18(3)4)29-25(31)21-9-7-8-10-22(21)26(29)32/h7-8,11-14,18,21-23H,5-6,9-10,15-17H2,1-4H3,(H,27,30). The molecule has 1 aromatic rings. The van der Waals surface area contributed by atoms with Crippen molar-refractivity contribution in [3.63, 3.8) is 0 Å². The van der Waals surface area contributed by atoms with Gasteiger partial charge in [0.1, 0.15) is 6.04 Å². The first-order valence-corrected chi connectivity index (χ1v) is 11.9. The van der Waals surface area contributed by atoms with E-state index in [2.05, 4.69) is 36.2 Å². The molecule has 32 heavy (non-hydrogen) atoms. The number of hydrogen-bond donors (Lipinski definition) is 1. The van der Waals surface area contributed by atoms with Crippen LogP contribution in [-0.2, 0) is 27.5 Å². The van der Waals surface area contributed by atoms with Gasteiger partial charge in [0, 0.05) is 13.1 Å². The Bertz CT molecular complexity index is 816. The highest BCUT2D eigenvalue weighted by Gasteiger charge is 2.51. The minimum atomic E-state index is -0.748. The van der Waals surface area contributed by atoms with Crippen molar-refractivity contribution in [1.82, 2.24) is 15.1 Å². The second-order valence-electron chi connectivity index (χ2n) is 9.34. The Labute approximate surface area is 192 Å². The van der Waals surface area contributed by atoms with Crippen LogP contribution < -0.4 is 5.32 Å². The maximum absolute atomic E-state index is 13.1. The molecule has 2 aliphatic rings. The summed E-state index contributed by atoms with van der Waals surface area (Å²) in [5.41, 5.74) is 2.24. The van der Waals surface area contributed by atoms with E-state index < -0.39 is 6.04 Å². The third-order valence-corrected chi connectivity index (χ3v) is 6.64. The molecule has 1 aliphatic carbocycles. The van der Waals surface area contributed by atoms with E-state index in [-0.39, 0.29) is 35.5 Å². The lowest BCUT2D eigenvalue weighted by atomic mass is 9.85. The molecule has 1 aliphatic heterocycles. The van der Waals surface area contributed by atoms with Gasteiger partial charge in [0.25, 0.3) is 0 Å². The highest BCUT2D eigenvalue weighted by Crippen LogP contribution is 2.37. The van der Waals surface area contributed by atoms with Crippen molar-refractivity contribution in [3.05, 3.63) is 47.5 Å². The van der Waals surface area contributed by atoms with Crippen LogP contribution in [0.25, 0.3) is 0 Å². The van der Waals surface area contributed by atoms with Gasteiger partial charge in [-0.15, -0.1) is 0 Å². The van der Waals surface area contributed by atoms with Crippen molar-refractivity contribution in [3.8, 4) is 0 Å². The second kappa shape index (κ2) is 10.9. The quantitative estimate of drug-likeness (QED) is 0.447. The average Bonchev–Trinajstić information content (AvgIpc) is 3.05. The fourth-order valence-corrected chi connectivity index (χ4v) is 4.68. The Hall–Kier alpha value is -2.47. The molecular formula is C26H37N3O3. The van der Waals surface area contributed by atoms with Crippen LogP contribution in [0.5, 0.6) is 0 Å². The summed E-state index contributed by atoms with van der Waals surface area (Å²) in [5, 5.41) is 2.98. The Morgan fingerprint density at radius 1 is 1.00 bits per heavy atom. The van der Waals surface area contributed by atoms with Crippen LogP contribution in [-0.4, -0.2) is 46.7 Å². The Balaban J connectivity index is 1.65. The topological polar surface area (TPSA) is 69.7 Å². The van der Waals surface area contributed by atoms with E-state index in [4.69, 9.17) is 0 Å². The van der Waals surface area contributed by atoms with E-state index in [0.29, 0.717) is 25.8 Å². The molecule has 1 heterocycles. The molecular weight excluding hydrogens is 402 g/mol. The predicted octanol–water partition coefficient (Wildman–Crippen LogP) is 3.51. The van der Waals surface area contributed by atoms with Gasteiger partial charge in [0.15, 0.2) is 0 Å². The maximum Gasteiger partial charge on any atom is 0.243 e. The number of amides is 3. The summed E-state index contributed by atoms with van der Waals surface area (Å²) in [5.74, 6) is -1.07. The van der Waals surface area contributed by atoms with Crippen LogP contribution in [0.3, 0.4) is 0 Å².